The topological polar surface area (TPSA) is 93.9 Å². The van der Waals surface area contributed by atoms with E-state index in [4.69, 9.17) is 15.2 Å². The van der Waals surface area contributed by atoms with Gasteiger partial charge >= 0.3 is 0 Å². The van der Waals surface area contributed by atoms with Crippen molar-refractivity contribution in [2.45, 2.75) is 51.4 Å². The molecule has 1 aliphatic rings. The van der Waals surface area contributed by atoms with Crippen molar-refractivity contribution in [3.8, 4) is 5.75 Å². The molecule has 1 fully saturated rings. The van der Waals surface area contributed by atoms with E-state index in [1.54, 1.807) is 14.0 Å². The molecule has 0 aromatic heterocycles. The van der Waals surface area contributed by atoms with Crippen LogP contribution in [0.3, 0.4) is 0 Å². The molecule has 1 aromatic rings. The van der Waals surface area contributed by atoms with Gasteiger partial charge in [-0.25, -0.2) is 0 Å². The lowest BCUT2D eigenvalue weighted by Crippen LogP contribution is -2.52. The molecule has 0 radical (unpaired) electrons. The predicted molar refractivity (Wildman–Crippen MR) is 111 cm³/mol. The summed E-state index contributed by atoms with van der Waals surface area (Å²) < 4.78 is 11.0. The van der Waals surface area contributed by atoms with Gasteiger partial charge in [0.05, 0.1) is 13.7 Å². The van der Waals surface area contributed by atoms with Crippen LogP contribution in [0, 0.1) is 0 Å². The molecular weight excluding hydrogens is 382 g/mol. The van der Waals surface area contributed by atoms with Gasteiger partial charge in [0, 0.05) is 32.1 Å². The van der Waals surface area contributed by atoms with Crippen molar-refractivity contribution in [1.82, 2.24) is 10.2 Å². The van der Waals surface area contributed by atoms with E-state index in [-0.39, 0.29) is 30.3 Å². The Morgan fingerprint density at radius 3 is 2.86 bits per heavy atom. The third-order valence-corrected chi connectivity index (χ3v) is 4.80. The van der Waals surface area contributed by atoms with Gasteiger partial charge in [-0.15, -0.1) is 12.4 Å². The molecule has 2 atom stereocenters. The van der Waals surface area contributed by atoms with Crippen LogP contribution in [0.4, 0.5) is 0 Å². The molecule has 7 nitrogen and oxygen atoms in total. The Morgan fingerprint density at radius 1 is 1.36 bits per heavy atom. The molecule has 1 aliphatic heterocycles. The largest absolute Gasteiger partial charge is 0.497 e. The number of ether oxygens (including phenoxy) is 2. The summed E-state index contributed by atoms with van der Waals surface area (Å²) in [4.78, 5) is 26.4. The van der Waals surface area contributed by atoms with Crippen LogP contribution in [0.5, 0.6) is 5.75 Å². The van der Waals surface area contributed by atoms with E-state index >= 15 is 0 Å². The lowest BCUT2D eigenvalue weighted by Gasteiger charge is -2.37. The first kappa shape index (κ1) is 24.2. The first-order chi connectivity index (χ1) is 13.0. The Labute approximate surface area is 173 Å². The fourth-order valence-electron chi connectivity index (χ4n) is 3.24. The smallest absolute Gasteiger partial charge is 0.251 e. The van der Waals surface area contributed by atoms with Crippen molar-refractivity contribution in [2.24, 2.45) is 5.73 Å². The number of nitrogens with two attached hydrogens (primary N) is 1. The molecule has 158 valence electrons. The van der Waals surface area contributed by atoms with E-state index in [1.165, 1.54) is 0 Å². The van der Waals surface area contributed by atoms with Gasteiger partial charge in [0.1, 0.15) is 11.9 Å². The van der Waals surface area contributed by atoms with Gasteiger partial charge in [-0.05, 0) is 43.9 Å². The zero-order valence-corrected chi connectivity index (χ0v) is 17.5. The number of piperidine rings is 1. The van der Waals surface area contributed by atoms with Gasteiger partial charge in [0.2, 0.25) is 5.91 Å². The van der Waals surface area contributed by atoms with Crippen LogP contribution in [0.1, 0.15) is 38.2 Å². The zero-order valence-electron chi connectivity index (χ0n) is 16.7. The number of methoxy groups -OCH3 is 1. The summed E-state index contributed by atoms with van der Waals surface area (Å²) in [5.41, 5.74) is 6.36. The molecule has 1 heterocycles. The van der Waals surface area contributed by atoms with Crippen molar-refractivity contribution < 1.29 is 19.1 Å². The first-order valence-electron chi connectivity index (χ1n) is 9.57. The van der Waals surface area contributed by atoms with E-state index in [0.29, 0.717) is 32.7 Å². The maximum Gasteiger partial charge on any atom is 0.251 e. The fourth-order valence-corrected chi connectivity index (χ4v) is 3.24. The Bertz CT molecular complexity index is 629. The number of likely N-dealkylation sites (tertiary alicyclic amines) is 1. The summed E-state index contributed by atoms with van der Waals surface area (Å²) >= 11 is 0. The number of hydrogen-bond donors (Lipinski definition) is 2. The summed E-state index contributed by atoms with van der Waals surface area (Å²) in [7, 11) is 1.62. The minimum absolute atomic E-state index is 0. The molecule has 0 aliphatic carbocycles. The molecule has 8 heteroatoms. The Balaban J connectivity index is 0.00000392. The molecule has 1 saturated heterocycles. The molecule has 28 heavy (non-hydrogen) atoms. The van der Waals surface area contributed by atoms with Crippen LogP contribution < -0.4 is 15.8 Å². The molecule has 0 spiro atoms. The summed E-state index contributed by atoms with van der Waals surface area (Å²) in [6.07, 6.45) is 2.68. The number of benzene rings is 1. The second-order valence-electron chi connectivity index (χ2n) is 6.83. The highest BCUT2D eigenvalue weighted by Gasteiger charge is 2.30. The number of amides is 2. The molecule has 1 aromatic carbocycles. The number of hydrogen-bond acceptors (Lipinski definition) is 5. The van der Waals surface area contributed by atoms with Crippen molar-refractivity contribution in [3.63, 3.8) is 0 Å². The van der Waals surface area contributed by atoms with Crippen molar-refractivity contribution in [2.75, 3.05) is 26.7 Å². The standard InChI is InChI=1S/C20H31N3O4.ClH/c1-15(27-14-16-6-5-8-18(12-16)26-2)20(25)23-11-4-3-7-17(23)13-22-19(24)9-10-21;/h5-6,8,12,15,17H,3-4,7,9-11,13-14,21H2,1-2H3,(H,22,24);1H. The number of rotatable bonds is 9. The van der Waals surface area contributed by atoms with Crippen molar-refractivity contribution in [3.05, 3.63) is 29.8 Å². The third-order valence-electron chi connectivity index (χ3n) is 4.80. The van der Waals surface area contributed by atoms with Gasteiger partial charge < -0.3 is 25.4 Å². The highest BCUT2D eigenvalue weighted by molar-refractivity contribution is 5.85. The van der Waals surface area contributed by atoms with E-state index < -0.39 is 6.10 Å². The maximum absolute atomic E-state index is 12.9. The minimum atomic E-state index is -0.545. The van der Waals surface area contributed by atoms with Crippen LogP contribution in [0.2, 0.25) is 0 Å². The maximum atomic E-state index is 12.9. The van der Waals surface area contributed by atoms with Crippen LogP contribution in [0.15, 0.2) is 24.3 Å². The first-order valence-corrected chi connectivity index (χ1v) is 9.57. The molecule has 2 unspecified atom stereocenters. The second kappa shape index (κ2) is 12.6. The van der Waals surface area contributed by atoms with E-state index in [0.717, 1.165) is 30.6 Å². The summed E-state index contributed by atoms with van der Waals surface area (Å²) in [5.74, 6) is 0.660. The number of halogens is 1. The second-order valence-corrected chi connectivity index (χ2v) is 6.83. The van der Waals surface area contributed by atoms with Crippen LogP contribution >= 0.6 is 12.4 Å². The van der Waals surface area contributed by atoms with Crippen LogP contribution in [0.25, 0.3) is 0 Å². The minimum Gasteiger partial charge on any atom is -0.497 e. The van der Waals surface area contributed by atoms with E-state index in [9.17, 15) is 9.59 Å². The van der Waals surface area contributed by atoms with Gasteiger partial charge in [0.25, 0.3) is 5.91 Å². The molecular formula is C20H32ClN3O4. The molecule has 0 saturated carbocycles. The Hall–Kier alpha value is -1.83. The summed E-state index contributed by atoms with van der Waals surface area (Å²) in [6, 6.07) is 7.62. The van der Waals surface area contributed by atoms with E-state index in [1.807, 2.05) is 29.2 Å². The number of carbonyl (C=O) groups is 2. The monoisotopic (exact) mass is 413 g/mol. The van der Waals surface area contributed by atoms with Crippen LogP contribution in [-0.4, -0.2) is 55.6 Å². The number of nitrogens with zero attached hydrogens (tertiary/aromatic N) is 1. The average molecular weight is 414 g/mol. The van der Waals surface area contributed by atoms with Gasteiger partial charge in [-0.3, -0.25) is 9.59 Å². The average Bonchev–Trinajstić information content (AvgIpc) is 2.70. The zero-order chi connectivity index (χ0) is 19.6. The summed E-state index contributed by atoms with van der Waals surface area (Å²) in [5, 5.41) is 2.88. The predicted octanol–water partition coefficient (Wildman–Crippen LogP) is 1.87. The molecule has 2 amide bonds. The molecule has 3 N–H and O–H groups in total. The van der Waals surface area contributed by atoms with Gasteiger partial charge in [0.15, 0.2) is 0 Å². The van der Waals surface area contributed by atoms with Crippen LogP contribution in [-0.2, 0) is 20.9 Å². The number of nitrogens with one attached hydrogen (secondary N) is 1. The highest BCUT2D eigenvalue weighted by atomic mass is 35.5. The lowest BCUT2D eigenvalue weighted by molar-refractivity contribution is -0.147. The normalized spacial score (nSPS) is 17.4. The number of carbonyl (C=O) groups excluding carboxylic acids is 2. The SMILES string of the molecule is COc1cccc(COC(C)C(=O)N2CCCCC2CNC(=O)CCN)c1.Cl. The molecule has 0 bridgehead atoms. The molecule has 2 rings (SSSR count). The summed E-state index contributed by atoms with van der Waals surface area (Å²) in [6.45, 7) is 3.61. The van der Waals surface area contributed by atoms with E-state index in [2.05, 4.69) is 5.32 Å². The fraction of sp³-hybridized carbons (Fsp3) is 0.600. The van der Waals surface area contributed by atoms with Gasteiger partial charge in [-0.1, -0.05) is 12.1 Å². The van der Waals surface area contributed by atoms with Crippen molar-refractivity contribution >= 4 is 24.2 Å². The van der Waals surface area contributed by atoms with Crippen molar-refractivity contribution in [1.29, 1.82) is 0 Å². The third kappa shape index (κ3) is 7.30. The van der Waals surface area contributed by atoms with Gasteiger partial charge in [-0.2, -0.15) is 0 Å². The lowest BCUT2D eigenvalue weighted by atomic mass is 10.0. The quantitative estimate of drug-likeness (QED) is 0.644. The highest BCUT2D eigenvalue weighted by Crippen LogP contribution is 2.19. The Kier molecular flexibility index (Phi) is 10.9. The Morgan fingerprint density at radius 2 is 2.14 bits per heavy atom.